The molecule has 3 aliphatic rings. The smallest absolute Gasteiger partial charge is 0.410 e. The van der Waals surface area contributed by atoms with Gasteiger partial charge in [0.1, 0.15) is 28.7 Å². The Hall–Kier alpha value is -6.05. The minimum absolute atomic E-state index is 0. The van der Waals surface area contributed by atoms with Crippen molar-refractivity contribution in [3.05, 3.63) is 112 Å². The first-order valence-corrected chi connectivity index (χ1v) is 36.3. The van der Waals surface area contributed by atoms with E-state index in [0.29, 0.717) is 35.3 Å². The second-order valence-electron chi connectivity index (χ2n) is 28.3. The standard InChI is InChI=1S/C27H41FN4O2.C23H34FN3.C17H35N3O2.C10H7ClFN.CH4/c1-7-30(8-2)15-16-32(26(33)34-27(4,5)6)19-21-11-13-31(14-12-21)25-17-20(3)29-24-10-9-22(28)18-23(24)25;1-4-26(5-2)13-7-6-8-19-11-14-27(15-12-19)23-16-18(3)25-22-10-9-20(24)17-21(22)23;1-6-19(7-2)12-13-20(16(21)22-17(3,4)5)14-15-8-10-18-11-9-15;1-6-4-9(11)8-5-7(12)2-3-10(8)13-6;/h9-10,17-18,21H,7-8,11-16,19H2,1-6H3;9-10,16-17,19H,4-8,11-15H2,1-3H3;15,18H,6-14H2,1-5H3;2-5H,1H3;1H4. The van der Waals surface area contributed by atoms with Crippen LogP contribution >= 0.6 is 11.6 Å². The number of nitrogens with zero attached hydrogens (tertiary/aromatic N) is 10. The summed E-state index contributed by atoms with van der Waals surface area (Å²) in [5, 5.41) is 6.39. The van der Waals surface area contributed by atoms with Crippen LogP contribution in [0.1, 0.15) is 165 Å². The number of aryl methyl sites for hydroxylation is 3. The number of piperidine rings is 3. The van der Waals surface area contributed by atoms with Gasteiger partial charge < -0.3 is 49.1 Å². The molecule has 0 atom stereocenters. The van der Waals surface area contributed by atoms with E-state index in [1.165, 1.54) is 62.9 Å². The summed E-state index contributed by atoms with van der Waals surface area (Å²) in [6.45, 7) is 48.7. The molecule has 3 fully saturated rings. The molecule has 3 saturated heterocycles. The lowest BCUT2D eigenvalue weighted by Gasteiger charge is -2.37. The molecule has 0 radical (unpaired) electrons. The Morgan fingerprint density at radius 1 is 0.495 bits per heavy atom. The number of fused-ring (bicyclic) bond motifs is 3. The lowest BCUT2D eigenvalue weighted by molar-refractivity contribution is 0.0184. The summed E-state index contributed by atoms with van der Waals surface area (Å²) in [5.41, 5.74) is 6.48. The Kier molecular flexibility index (Phi) is 33.9. The second-order valence-corrected chi connectivity index (χ2v) is 28.7. The number of benzene rings is 3. The molecule has 6 aromatic rings. The number of halogens is 4. The number of amides is 2. The van der Waals surface area contributed by atoms with E-state index in [4.69, 9.17) is 21.1 Å². The van der Waals surface area contributed by atoms with Gasteiger partial charge in [0, 0.05) is 110 Å². The molecule has 1 N–H and O–H groups in total. The molecule has 19 heteroatoms. The number of likely N-dealkylation sites (N-methyl/N-ethyl adjacent to an activating group) is 2. The zero-order chi connectivity index (χ0) is 70.1. The molecular formula is C78H121ClF3N11O4. The van der Waals surface area contributed by atoms with Gasteiger partial charge >= 0.3 is 12.2 Å². The molecule has 3 aromatic heterocycles. The number of nitrogens with one attached hydrogen (secondary N) is 1. The minimum atomic E-state index is -0.510. The van der Waals surface area contributed by atoms with E-state index >= 15 is 0 Å². The Morgan fingerprint density at radius 2 is 0.845 bits per heavy atom. The molecule has 540 valence electrons. The highest BCUT2D eigenvalue weighted by Gasteiger charge is 2.30. The molecule has 0 bridgehead atoms. The van der Waals surface area contributed by atoms with E-state index < -0.39 is 11.2 Å². The number of ether oxygens (including phenoxy) is 2. The number of pyridine rings is 3. The maximum atomic E-state index is 14.0. The lowest BCUT2D eigenvalue weighted by atomic mass is 9.91. The van der Waals surface area contributed by atoms with Crippen molar-refractivity contribution < 1.29 is 32.2 Å². The molecule has 0 aliphatic carbocycles. The molecule has 6 heterocycles. The van der Waals surface area contributed by atoms with Crippen LogP contribution in [-0.2, 0) is 9.47 Å². The second kappa shape index (κ2) is 40.3. The van der Waals surface area contributed by atoms with E-state index in [-0.39, 0.29) is 37.1 Å². The summed E-state index contributed by atoms with van der Waals surface area (Å²) < 4.78 is 51.9. The SMILES string of the molecule is C.CCN(CC)CCCCC1CCN(c2cc(C)nc3ccc(F)cc23)CC1.CCN(CC)CCN(CC1CCN(c2cc(C)nc3ccc(F)cc23)CC1)C(=O)OC(C)(C)C.CCN(CC)CCN(CC1CCNCC1)C(=O)OC(C)(C)C.Cc1cc(Cl)c2cc(F)ccc2n1. The van der Waals surface area contributed by atoms with Crippen molar-refractivity contribution in [2.75, 3.05) is 134 Å². The van der Waals surface area contributed by atoms with Crippen molar-refractivity contribution in [3.8, 4) is 0 Å². The fraction of sp³-hybridized carbons (Fsp3) is 0.628. The quantitative estimate of drug-likeness (QED) is 0.0612. The zero-order valence-electron chi connectivity index (χ0n) is 61.1. The highest BCUT2D eigenvalue weighted by atomic mass is 35.5. The maximum Gasteiger partial charge on any atom is 0.410 e. The average Bonchev–Trinajstić information content (AvgIpc) is 0.802. The van der Waals surface area contributed by atoms with Gasteiger partial charge in [0.15, 0.2) is 0 Å². The van der Waals surface area contributed by atoms with Crippen LogP contribution < -0.4 is 15.1 Å². The topological polar surface area (TPSA) is 126 Å². The van der Waals surface area contributed by atoms with Crippen LogP contribution in [0.2, 0.25) is 5.02 Å². The summed E-state index contributed by atoms with van der Waals surface area (Å²) in [7, 11) is 0. The third-order valence-corrected chi connectivity index (χ3v) is 18.9. The Labute approximate surface area is 586 Å². The summed E-state index contributed by atoms with van der Waals surface area (Å²) in [6, 6.07) is 20.0. The highest BCUT2D eigenvalue weighted by molar-refractivity contribution is 6.35. The molecule has 3 aliphatic heterocycles. The molecule has 15 nitrogen and oxygen atoms in total. The fourth-order valence-corrected chi connectivity index (χ4v) is 13.3. The van der Waals surface area contributed by atoms with E-state index in [1.807, 2.05) is 72.1 Å². The summed E-state index contributed by atoms with van der Waals surface area (Å²) in [6.07, 6.45) is 10.3. The molecule has 3 aromatic carbocycles. The van der Waals surface area contributed by atoms with Crippen LogP contribution in [0.15, 0.2) is 72.8 Å². The molecule has 9 rings (SSSR count). The summed E-state index contributed by atoms with van der Waals surface area (Å²) in [4.78, 5) is 54.6. The highest BCUT2D eigenvalue weighted by Crippen LogP contribution is 2.34. The van der Waals surface area contributed by atoms with Crippen molar-refractivity contribution in [1.29, 1.82) is 0 Å². The molecule has 97 heavy (non-hydrogen) atoms. The zero-order valence-corrected chi connectivity index (χ0v) is 61.8. The first-order chi connectivity index (χ1) is 45.7. The predicted molar refractivity (Wildman–Crippen MR) is 399 cm³/mol. The van der Waals surface area contributed by atoms with Gasteiger partial charge in [-0.1, -0.05) is 73.4 Å². The van der Waals surface area contributed by atoms with Gasteiger partial charge in [-0.2, -0.15) is 0 Å². The number of rotatable bonds is 23. The molecular weight excluding hydrogens is 1250 g/mol. The van der Waals surface area contributed by atoms with Crippen LogP contribution in [0.5, 0.6) is 0 Å². The van der Waals surface area contributed by atoms with Crippen LogP contribution in [0.25, 0.3) is 32.7 Å². The van der Waals surface area contributed by atoms with Gasteiger partial charge in [-0.25, -0.2) is 22.8 Å². The number of hydrogen-bond donors (Lipinski definition) is 1. The van der Waals surface area contributed by atoms with E-state index in [1.54, 1.807) is 36.4 Å². The van der Waals surface area contributed by atoms with Gasteiger partial charge in [0.25, 0.3) is 0 Å². The third kappa shape index (κ3) is 27.2. The van der Waals surface area contributed by atoms with Crippen molar-refractivity contribution in [1.82, 2.24) is 44.8 Å². The average molecular weight is 1370 g/mol. The van der Waals surface area contributed by atoms with Crippen molar-refractivity contribution in [2.45, 2.75) is 180 Å². The van der Waals surface area contributed by atoms with Gasteiger partial charge in [0.05, 0.1) is 21.6 Å². The van der Waals surface area contributed by atoms with Gasteiger partial charge in [-0.3, -0.25) is 15.0 Å². The van der Waals surface area contributed by atoms with Crippen LogP contribution in [-0.4, -0.2) is 187 Å². The normalized spacial score (nSPS) is 15.0. The molecule has 0 spiro atoms. The molecule has 0 unspecified atom stereocenters. The van der Waals surface area contributed by atoms with Crippen LogP contribution in [0.3, 0.4) is 0 Å². The number of carbonyl (C=O) groups is 2. The first kappa shape index (κ1) is 81.6. The number of aromatic nitrogens is 3. The number of carbonyl (C=O) groups excluding carboxylic acids is 2. The molecule has 2 amide bonds. The Balaban J connectivity index is 0.000000243. The van der Waals surface area contributed by atoms with Gasteiger partial charge in [0.2, 0.25) is 0 Å². The van der Waals surface area contributed by atoms with Gasteiger partial charge in [-0.15, -0.1) is 0 Å². The number of hydrogen-bond acceptors (Lipinski definition) is 13. The lowest BCUT2D eigenvalue weighted by Crippen LogP contribution is -2.45. The van der Waals surface area contributed by atoms with Gasteiger partial charge in [-0.05, 0) is 257 Å². The Bertz CT molecular complexity index is 3330. The predicted octanol–water partition coefficient (Wildman–Crippen LogP) is 17.4. The van der Waals surface area contributed by atoms with Crippen LogP contribution in [0, 0.1) is 56.0 Å². The largest absolute Gasteiger partial charge is 0.444 e. The van der Waals surface area contributed by atoms with E-state index in [2.05, 4.69) is 98.4 Å². The first-order valence-electron chi connectivity index (χ1n) is 35.9. The van der Waals surface area contributed by atoms with Crippen molar-refractivity contribution >= 4 is 67.9 Å². The van der Waals surface area contributed by atoms with Crippen molar-refractivity contribution in [3.63, 3.8) is 0 Å². The number of unbranched alkanes of at least 4 members (excludes halogenated alkanes) is 1. The third-order valence-electron chi connectivity index (χ3n) is 18.6. The monoisotopic (exact) mass is 1370 g/mol. The Morgan fingerprint density at radius 3 is 1.24 bits per heavy atom. The fourth-order valence-electron chi connectivity index (χ4n) is 13.0. The van der Waals surface area contributed by atoms with E-state index in [9.17, 15) is 22.8 Å². The van der Waals surface area contributed by atoms with E-state index in [0.717, 1.165) is 192 Å². The number of anilines is 2. The summed E-state index contributed by atoms with van der Waals surface area (Å²) in [5.74, 6) is 1.12. The van der Waals surface area contributed by atoms with Crippen LogP contribution in [0.4, 0.5) is 34.1 Å². The minimum Gasteiger partial charge on any atom is -0.444 e. The summed E-state index contributed by atoms with van der Waals surface area (Å²) >= 11 is 5.93. The maximum absolute atomic E-state index is 14.0. The molecule has 0 saturated carbocycles. The van der Waals surface area contributed by atoms with Crippen molar-refractivity contribution in [2.24, 2.45) is 17.8 Å².